The molecule has 1 atom stereocenters. The summed E-state index contributed by atoms with van der Waals surface area (Å²) in [5.41, 5.74) is 3.62. The average molecular weight is 283 g/mol. The summed E-state index contributed by atoms with van der Waals surface area (Å²) in [7, 11) is -1.35. The van der Waals surface area contributed by atoms with Gasteiger partial charge in [-0.1, -0.05) is 85.4 Å². The van der Waals surface area contributed by atoms with Gasteiger partial charge in [-0.3, -0.25) is 0 Å². The predicted octanol–water partition coefficient (Wildman–Crippen LogP) is 4.93. The third kappa shape index (κ3) is 3.60. The highest BCUT2D eigenvalue weighted by molar-refractivity contribution is 6.90. The second-order valence-corrected chi connectivity index (χ2v) is 11.5. The van der Waals surface area contributed by atoms with Gasteiger partial charge in [0, 0.05) is 0 Å². The molecule has 0 bridgehead atoms. The van der Waals surface area contributed by atoms with Gasteiger partial charge in [0.05, 0.1) is 8.07 Å². The van der Waals surface area contributed by atoms with Gasteiger partial charge in [-0.25, -0.2) is 0 Å². The highest BCUT2D eigenvalue weighted by Crippen LogP contribution is 2.26. The van der Waals surface area contributed by atoms with Crippen molar-refractivity contribution in [2.75, 3.05) is 0 Å². The van der Waals surface area contributed by atoms with Crippen LogP contribution in [0.3, 0.4) is 0 Å². The molecule has 0 N–H and O–H groups in total. The van der Waals surface area contributed by atoms with Crippen LogP contribution in [-0.4, -0.2) is 8.07 Å². The van der Waals surface area contributed by atoms with Gasteiger partial charge in [-0.05, 0) is 30.9 Å². The first-order valence-electron chi connectivity index (χ1n) is 7.61. The summed E-state index contributed by atoms with van der Waals surface area (Å²) in [5.74, 6) is 0. The van der Waals surface area contributed by atoms with E-state index in [9.17, 15) is 0 Å². The van der Waals surface area contributed by atoms with Crippen molar-refractivity contribution in [3.8, 4) is 0 Å². The average Bonchev–Trinajstić information content (AvgIpc) is 2.47. The minimum atomic E-state index is -1.35. The van der Waals surface area contributed by atoms with Gasteiger partial charge in [0.25, 0.3) is 0 Å². The van der Waals surface area contributed by atoms with Crippen LogP contribution in [0.15, 0.2) is 54.6 Å². The van der Waals surface area contributed by atoms with E-state index in [4.69, 9.17) is 0 Å². The largest absolute Gasteiger partial charge is 0.0834 e. The van der Waals surface area contributed by atoms with Gasteiger partial charge in [0.2, 0.25) is 0 Å². The topological polar surface area (TPSA) is 0 Å². The maximum absolute atomic E-state index is 2.50. The molecule has 0 aliphatic rings. The SMILES string of the molecule is Cc1ccc(CCC(C)[Si](C)(C)c2ccccc2)cc1. The Bertz CT molecular complexity index is 525. The van der Waals surface area contributed by atoms with Crippen molar-refractivity contribution in [3.05, 3.63) is 65.7 Å². The van der Waals surface area contributed by atoms with E-state index >= 15 is 0 Å². The Morgan fingerprint density at radius 2 is 1.50 bits per heavy atom. The van der Waals surface area contributed by atoms with Gasteiger partial charge in [-0.15, -0.1) is 0 Å². The van der Waals surface area contributed by atoms with Crippen LogP contribution < -0.4 is 5.19 Å². The van der Waals surface area contributed by atoms with Gasteiger partial charge >= 0.3 is 0 Å². The van der Waals surface area contributed by atoms with Crippen LogP contribution in [0.1, 0.15) is 24.5 Å². The number of aryl methyl sites for hydroxylation is 2. The van der Waals surface area contributed by atoms with E-state index in [0.29, 0.717) is 0 Å². The number of hydrogen-bond acceptors (Lipinski definition) is 0. The first kappa shape index (κ1) is 15.1. The van der Waals surface area contributed by atoms with Crippen LogP contribution in [0.4, 0.5) is 0 Å². The van der Waals surface area contributed by atoms with E-state index in [1.165, 1.54) is 24.0 Å². The Hall–Kier alpha value is -1.34. The second kappa shape index (κ2) is 6.40. The molecular weight excluding hydrogens is 256 g/mol. The molecule has 2 rings (SSSR count). The summed E-state index contributed by atoms with van der Waals surface area (Å²) < 4.78 is 0. The molecule has 0 amide bonds. The van der Waals surface area contributed by atoms with Crippen molar-refractivity contribution >= 4 is 13.3 Å². The third-order valence-electron chi connectivity index (χ3n) is 4.74. The first-order chi connectivity index (χ1) is 9.50. The lowest BCUT2D eigenvalue weighted by Crippen LogP contribution is -2.45. The predicted molar refractivity (Wildman–Crippen MR) is 92.5 cm³/mol. The molecule has 2 aromatic rings. The zero-order valence-electron chi connectivity index (χ0n) is 13.2. The summed E-state index contributed by atoms with van der Waals surface area (Å²) in [4.78, 5) is 0. The minimum absolute atomic E-state index is 0.797. The van der Waals surface area contributed by atoms with Crippen molar-refractivity contribution in [1.82, 2.24) is 0 Å². The summed E-state index contributed by atoms with van der Waals surface area (Å²) in [6, 6.07) is 20.1. The Labute approximate surface area is 124 Å². The fourth-order valence-electron chi connectivity index (χ4n) is 2.65. The number of hydrogen-bond donors (Lipinski definition) is 0. The van der Waals surface area contributed by atoms with Crippen LogP contribution in [0.5, 0.6) is 0 Å². The second-order valence-electron chi connectivity index (χ2n) is 6.51. The zero-order chi connectivity index (χ0) is 14.6. The Kier molecular flexibility index (Phi) is 4.82. The monoisotopic (exact) mass is 282 g/mol. The lowest BCUT2D eigenvalue weighted by molar-refractivity contribution is 0.770. The van der Waals surface area contributed by atoms with E-state index < -0.39 is 8.07 Å². The highest BCUT2D eigenvalue weighted by Gasteiger charge is 2.29. The van der Waals surface area contributed by atoms with Crippen molar-refractivity contribution < 1.29 is 0 Å². The molecule has 0 aliphatic heterocycles. The quantitative estimate of drug-likeness (QED) is 0.682. The minimum Gasteiger partial charge on any atom is -0.0652 e. The summed E-state index contributed by atoms with van der Waals surface area (Å²) >= 11 is 0. The van der Waals surface area contributed by atoms with Crippen molar-refractivity contribution in [3.63, 3.8) is 0 Å². The summed E-state index contributed by atoms with van der Waals surface area (Å²) in [6.45, 7) is 9.59. The van der Waals surface area contributed by atoms with Crippen LogP contribution >= 0.6 is 0 Å². The molecule has 0 nitrogen and oxygen atoms in total. The Morgan fingerprint density at radius 1 is 0.900 bits per heavy atom. The molecule has 2 aromatic carbocycles. The standard InChI is InChI=1S/C19H26Si/c1-16-10-13-18(14-11-16)15-12-17(2)20(3,4)19-8-6-5-7-9-19/h5-11,13-14,17H,12,15H2,1-4H3. The van der Waals surface area contributed by atoms with E-state index in [1.807, 2.05) is 0 Å². The van der Waals surface area contributed by atoms with Gasteiger partial charge in [0.1, 0.15) is 0 Å². The van der Waals surface area contributed by atoms with E-state index in [2.05, 4.69) is 81.5 Å². The van der Waals surface area contributed by atoms with Crippen molar-refractivity contribution in [2.45, 2.75) is 45.3 Å². The number of benzene rings is 2. The summed E-state index contributed by atoms with van der Waals surface area (Å²) in [5, 5.41) is 1.58. The van der Waals surface area contributed by atoms with Crippen LogP contribution in [0, 0.1) is 6.92 Å². The van der Waals surface area contributed by atoms with Crippen LogP contribution in [-0.2, 0) is 6.42 Å². The molecule has 20 heavy (non-hydrogen) atoms. The maximum atomic E-state index is 2.50. The Balaban J connectivity index is 2.00. The van der Waals surface area contributed by atoms with E-state index in [1.54, 1.807) is 5.19 Å². The van der Waals surface area contributed by atoms with Crippen molar-refractivity contribution in [2.24, 2.45) is 0 Å². The molecule has 1 unspecified atom stereocenters. The van der Waals surface area contributed by atoms with Gasteiger partial charge < -0.3 is 0 Å². The molecule has 0 aromatic heterocycles. The normalized spacial score (nSPS) is 13.2. The molecule has 0 heterocycles. The number of rotatable bonds is 5. The Morgan fingerprint density at radius 3 is 2.10 bits per heavy atom. The highest BCUT2D eigenvalue weighted by atomic mass is 28.3. The smallest absolute Gasteiger partial charge is 0.0652 e. The van der Waals surface area contributed by atoms with E-state index in [-0.39, 0.29) is 0 Å². The molecule has 0 radical (unpaired) electrons. The molecule has 0 saturated heterocycles. The lowest BCUT2D eigenvalue weighted by Gasteiger charge is -2.30. The fraction of sp³-hybridized carbons (Fsp3) is 0.368. The fourth-order valence-corrected chi connectivity index (χ4v) is 5.14. The first-order valence-corrected chi connectivity index (χ1v) is 10.7. The molecule has 1 heteroatoms. The molecule has 106 valence electrons. The lowest BCUT2D eigenvalue weighted by atomic mass is 10.1. The van der Waals surface area contributed by atoms with Crippen molar-refractivity contribution in [1.29, 1.82) is 0 Å². The molecule has 0 aliphatic carbocycles. The van der Waals surface area contributed by atoms with Crippen LogP contribution in [0.25, 0.3) is 0 Å². The molecular formula is C19H26Si. The van der Waals surface area contributed by atoms with Gasteiger partial charge in [-0.2, -0.15) is 0 Å². The third-order valence-corrected chi connectivity index (χ3v) is 9.31. The maximum Gasteiger partial charge on any atom is 0.0834 e. The molecule has 0 fully saturated rings. The zero-order valence-corrected chi connectivity index (χ0v) is 14.2. The summed E-state index contributed by atoms with van der Waals surface area (Å²) in [6.07, 6.45) is 2.49. The van der Waals surface area contributed by atoms with E-state index in [0.717, 1.165) is 5.54 Å². The van der Waals surface area contributed by atoms with Gasteiger partial charge in [0.15, 0.2) is 0 Å². The molecule has 0 saturated carbocycles. The van der Waals surface area contributed by atoms with Crippen LogP contribution in [0.2, 0.25) is 18.6 Å². The molecule has 0 spiro atoms.